The molecule has 0 spiro atoms. The van der Waals surface area contributed by atoms with Crippen molar-refractivity contribution in [3.63, 3.8) is 0 Å². The smallest absolute Gasteiger partial charge is 0.307 e. The first kappa shape index (κ1) is 14.0. The highest BCUT2D eigenvalue weighted by Crippen LogP contribution is 2.58. The van der Waals surface area contributed by atoms with Crippen LogP contribution in [0.1, 0.15) is 27.7 Å². The van der Waals surface area contributed by atoms with Crippen molar-refractivity contribution < 1.29 is 19.8 Å². The average molecular weight is 243 g/mol. The molecule has 0 aromatic heterocycles. The minimum atomic E-state index is -0.920. The van der Waals surface area contributed by atoms with Gasteiger partial charge in [0.2, 0.25) is 5.91 Å². The van der Waals surface area contributed by atoms with Crippen LogP contribution in [0.25, 0.3) is 0 Å². The standard InChI is InChI=1S/C12H21NO4/c1-11(2,6-14)5-13-9(15)7-8(10(16)17)12(7,3)4/h7-8,14H,5-6H2,1-4H3,(H,13,15)(H,16,17)/t7-,8+/m1/s1. The summed E-state index contributed by atoms with van der Waals surface area (Å²) in [5, 5.41) is 20.7. The molecular weight excluding hydrogens is 222 g/mol. The fourth-order valence-corrected chi connectivity index (χ4v) is 2.08. The number of rotatable bonds is 5. The third-order valence-electron chi connectivity index (χ3n) is 3.55. The van der Waals surface area contributed by atoms with Gasteiger partial charge in [0.05, 0.1) is 11.8 Å². The third-order valence-corrected chi connectivity index (χ3v) is 3.55. The number of hydrogen-bond acceptors (Lipinski definition) is 3. The highest BCUT2D eigenvalue weighted by atomic mass is 16.4. The fourth-order valence-electron chi connectivity index (χ4n) is 2.08. The Morgan fingerprint density at radius 2 is 1.82 bits per heavy atom. The number of carbonyl (C=O) groups is 2. The van der Waals surface area contributed by atoms with Gasteiger partial charge in [-0.25, -0.2) is 0 Å². The van der Waals surface area contributed by atoms with E-state index >= 15 is 0 Å². The average Bonchev–Trinajstić information content (AvgIpc) is 2.78. The zero-order valence-electron chi connectivity index (χ0n) is 10.8. The van der Waals surface area contributed by atoms with Crippen molar-refractivity contribution in [2.24, 2.45) is 22.7 Å². The molecular formula is C12H21NO4. The van der Waals surface area contributed by atoms with Gasteiger partial charge in [-0.05, 0) is 5.41 Å². The van der Waals surface area contributed by atoms with Crippen LogP contribution in [0.2, 0.25) is 0 Å². The molecule has 17 heavy (non-hydrogen) atoms. The van der Waals surface area contributed by atoms with Crippen LogP contribution in [-0.2, 0) is 9.59 Å². The van der Waals surface area contributed by atoms with Gasteiger partial charge in [0.1, 0.15) is 0 Å². The Labute approximate surface area is 101 Å². The lowest BCUT2D eigenvalue weighted by atomic mass is 9.95. The molecule has 0 aliphatic heterocycles. The lowest BCUT2D eigenvalue weighted by Crippen LogP contribution is -2.37. The Bertz CT molecular complexity index is 335. The van der Waals surface area contributed by atoms with Crippen molar-refractivity contribution in [3.8, 4) is 0 Å². The predicted molar refractivity (Wildman–Crippen MR) is 62.3 cm³/mol. The zero-order chi connectivity index (χ0) is 13.4. The summed E-state index contributed by atoms with van der Waals surface area (Å²) in [6.45, 7) is 7.56. The van der Waals surface area contributed by atoms with Gasteiger partial charge in [0.25, 0.3) is 0 Å². The monoisotopic (exact) mass is 243 g/mol. The number of carbonyl (C=O) groups excluding carboxylic acids is 1. The summed E-state index contributed by atoms with van der Waals surface area (Å²) in [5.41, 5.74) is -0.854. The van der Waals surface area contributed by atoms with E-state index in [2.05, 4.69) is 5.32 Å². The summed E-state index contributed by atoms with van der Waals surface area (Å²) in [6, 6.07) is 0. The van der Waals surface area contributed by atoms with Crippen LogP contribution in [0.3, 0.4) is 0 Å². The quantitative estimate of drug-likeness (QED) is 0.655. The molecule has 1 saturated carbocycles. The minimum Gasteiger partial charge on any atom is -0.481 e. The van der Waals surface area contributed by atoms with E-state index in [-0.39, 0.29) is 17.9 Å². The Balaban J connectivity index is 2.54. The van der Waals surface area contributed by atoms with E-state index in [0.717, 1.165) is 0 Å². The van der Waals surface area contributed by atoms with Crippen LogP contribution >= 0.6 is 0 Å². The molecule has 0 unspecified atom stereocenters. The number of amides is 1. The highest BCUT2D eigenvalue weighted by Gasteiger charge is 2.65. The summed E-state index contributed by atoms with van der Waals surface area (Å²) < 4.78 is 0. The van der Waals surface area contributed by atoms with Gasteiger partial charge in [0.15, 0.2) is 0 Å². The van der Waals surface area contributed by atoms with Gasteiger partial charge in [-0.3, -0.25) is 9.59 Å². The van der Waals surface area contributed by atoms with Crippen molar-refractivity contribution in [1.82, 2.24) is 5.32 Å². The summed E-state index contributed by atoms with van der Waals surface area (Å²) in [5.74, 6) is -2.21. The van der Waals surface area contributed by atoms with Crippen LogP contribution in [0.15, 0.2) is 0 Å². The van der Waals surface area contributed by atoms with Crippen LogP contribution in [-0.4, -0.2) is 35.2 Å². The summed E-state index contributed by atoms with van der Waals surface area (Å²) in [7, 11) is 0. The van der Waals surface area contributed by atoms with Crippen LogP contribution in [0.5, 0.6) is 0 Å². The van der Waals surface area contributed by atoms with Gasteiger partial charge in [0, 0.05) is 18.6 Å². The molecule has 1 amide bonds. The van der Waals surface area contributed by atoms with E-state index in [9.17, 15) is 9.59 Å². The normalized spacial score (nSPS) is 26.4. The number of aliphatic hydroxyl groups excluding tert-OH is 1. The highest BCUT2D eigenvalue weighted by molar-refractivity contribution is 5.91. The first-order valence-corrected chi connectivity index (χ1v) is 5.75. The fraction of sp³-hybridized carbons (Fsp3) is 0.833. The van der Waals surface area contributed by atoms with Crippen molar-refractivity contribution in [3.05, 3.63) is 0 Å². The topological polar surface area (TPSA) is 86.6 Å². The number of aliphatic carboxylic acids is 1. The van der Waals surface area contributed by atoms with E-state index in [1.165, 1.54) is 0 Å². The Morgan fingerprint density at radius 1 is 1.29 bits per heavy atom. The van der Waals surface area contributed by atoms with Crippen LogP contribution in [0.4, 0.5) is 0 Å². The molecule has 1 aliphatic rings. The Kier molecular flexibility index (Phi) is 3.52. The second-order valence-corrected chi connectivity index (χ2v) is 6.16. The van der Waals surface area contributed by atoms with Crippen LogP contribution in [0, 0.1) is 22.7 Å². The van der Waals surface area contributed by atoms with Crippen molar-refractivity contribution in [2.75, 3.05) is 13.2 Å². The SMILES string of the molecule is CC(C)(CO)CNC(=O)[C@H]1[C@@H](C(=O)O)C1(C)C. The molecule has 1 rings (SSSR count). The van der Waals surface area contributed by atoms with Crippen molar-refractivity contribution >= 4 is 11.9 Å². The lowest BCUT2D eigenvalue weighted by molar-refractivity contribution is -0.140. The van der Waals surface area contributed by atoms with E-state index < -0.39 is 23.2 Å². The molecule has 2 atom stereocenters. The van der Waals surface area contributed by atoms with Gasteiger partial charge in [-0.2, -0.15) is 0 Å². The summed E-state index contributed by atoms with van der Waals surface area (Å²) in [6.07, 6.45) is 0. The first-order chi connectivity index (χ1) is 7.63. The van der Waals surface area contributed by atoms with Crippen molar-refractivity contribution in [1.29, 1.82) is 0 Å². The van der Waals surface area contributed by atoms with Gasteiger partial charge in [-0.1, -0.05) is 27.7 Å². The lowest BCUT2D eigenvalue weighted by Gasteiger charge is -2.22. The molecule has 0 saturated heterocycles. The van der Waals surface area contributed by atoms with E-state index in [1.807, 2.05) is 13.8 Å². The number of nitrogens with one attached hydrogen (secondary N) is 1. The molecule has 1 fully saturated rings. The minimum absolute atomic E-state index is 0.0241. The maximum atomic E-state index is 11.8. The molecule has 5 heteroatoms. The Hall–Kier alpha value is -1.10. The molecule has 0 aromatic rings. The zero-order valence-corrected chi connectivity index (χ0v) is 10.8. The molecule has 98 valence electrons. The predicted octanol–water partition coefficient (Wildman–Crippen LogP) is 0.478. The summed E-state index contributed by atoms with van der Waals surface area (Å²) >= 11 is 0. The van der Waals surface area contributed by atoms with Crippen LogP contribution < -0.4 is 5.32 Å². The number of carboxylic acid groups (broad SMARTS) is 1. The molecule has 5 nitrogen and oxygen atoms in total. The molecule has 3 N–H and O–H groups in total. The number of hydrogen-bond donors (Lipinski definition) is 3. The van der Waals surface area contributed by atoms with E-state index in [0.29, 0.717) is 6.54 Å². The maximum absolute atomic E-state index is 11.8. The molecule has 1 aliphatic carbocycles. The molecule has 0 radical (unpaired) electrons. The maximum Gasteiger partial charge on any atom is 0.307 e. The first-order valence-electron chi connectivity index (χ1n) is 5.75. The second-order valence-electron chi connectivity index (χ2n) is 6.16. The van der Waals surface area contributed by atoms with E-state index in [1.54, 1.807) is 13.8 Å². The third kappa shape index (κ3) is 2.77. The second kappa shape index (κ2) is 4.29. The van der Waals surface area contributed by atoms with Gasteiger partial charge < -0.3 is 15.5 Å². The number of carboxylic acids is 1. The Morgan fingerprint density at radius 3 is 2.18 bits per heavy atom. The van der Waals surface area contributed by atoms with Gasteiger partial charge in [-0.15, -0.1) is 0 Å². The van der Waals surface area contributed by atoms with Crippen molar-refractivity contribution in [2.45, 2.75) is 27.7 Å². The van der Waals surface area contributed by atoms with Gasteiger partial charge >= 0.3 is 5.97 Å². The van der Waals surface area contributed by atoms with E-state index in [4.69, 9.17) is 10.2 Å². The molecule has 0 aromatic carbocycles. The molecule has 0 bridgehead atoms. The summed E-state index contributed by atoms with van der Waals surface area (Å²) in [4.78, 5) is 22.8. The molecule has 0 heterocycles. The number of aliphatic hydroxyl groups is 1. The largest absolute Gasteiger partial charge is 0.481 e.